The summed E-state index contributed by atoms with van der Waals surface area (Å²) in [6.07, 6.45) is 2.12. The molecule has 20 heavy (non-hydrogen) atoms. The Morgan fingerprint density at radius 2 is 2.00 bits per heavy atom. The van der Waals surface area contributed by atoms with Gasteiger partial charge in [0.25, 0.3) is 0 Å². The highest BCUT2D eigenvalue weighted by Gasteiger charge is 2.09. The monoisotopic (exact) mass is 310 g/mol. The summed E-state index contributed by atoms with van der Waals surface area (Å²) >= 11 is 1.60. The minimum atomic E-state index is -3.12. The number of rotatable bonds is 6. The van der Waals surface area contributed by atoms with E-state index in [-0.39, 0.29) is 6.04 Å². The first-order chi connectivity index (χ1) is 9.47. The molecule has 1 aromatic carbocycles. The van der Waals surface area contributed by atoms with E-state index in [1.165, 1.54) is 6.26 Å². The summed E-state index contributed by atoms with van der Waals surface area (Å²) in [5, 5.41) is 5.46. The minimum absolute atomic E-state index is 0.183. The van der Waals surface area contributed by atoms with Crippen LogP contribution in [0.3, 0.4) is 0 Å². The van der Waals surface area contributed by atoms with E-state index in [0.29, 0.717) is 4.90 Å². The topological polar surface area (TPSA) is 59.1 Å². The van der Waals surface area contributed by atoms with Gasteiger partial charge in [0.05, 0.1) is 16.1 Å². The number of thiazole rings is 1. The van der Waals surface area contributed by atoms with Crippen LogP contribution in [-0.4, -0.2) is 26.2 Å². The number of nitrogens with zero attached hydrogens (tertiary/aromatic N) is 1. The predicted octanol–water partition coefficient (Wildman–Crippen LogP) is 2.44. The molecule has 0 aliphatic rings. The Labute approximate surface area is 123 Å². The second-order valence-electron chi connectivity index (χ2n) is 4.75. The third kappa shape index (κ3) is 4.13. The molecule has 0 spiro atoms. The lowest BCUT2D eigenvalue weighted by atomic mass is 10.1. The molecule has 1 N–H and O–H groups in total. The van der Waals surface area contributed by atoms with E-state index < -0.39 is 9.84 Å². The maximum Gasteiger partial charge on any atom is 0.175 e. The minimum Gasteiger partial charge on any atom is -0.310 e. The van der Waals surface area contributed by atoms with Crippen LogP contribution >= 0.6 is 11.3 Å². The zero-order valence-corrected chi connectivity index (χ0v) is 13.2. The van der Waals surface area contributed by atoms with Gasteiger partial charge in [-0.2, -0.15) is 0 Å². The Balaban J connectivity index is 1.90. The lowest BCUT2D eigenvalue weighted by Crippen LogP contribution is -2.21. The summed E-state index contributed by atoms with van der Waals surface area (Å²) in [4.78, 5) is 4.59. The number of hydrogen-bond donors (Lipinski definition) is 1. The van der Waals surface area contributed by atoms with Crippen molar-refractivity contribution in [3.63, 3.8) is 0 Å². The van der Waals surface area contributed by atoms with Gasteiger partial charge < -0.3 is 5.32 Å². The first kappa shape index (κ1) is 15.2. The Morgan fingerprint density at radius 3 is 2.55 bits per heavy atom. The molecule has 0 radical (unpaired) electrons. The second kappa shape index (κ2) is 6.47. The van der Waals surface area contributed by atoms with Crippen molar-refractivity contribution in [1.82, 2.24) is 10.3 Å². The van der Waals surface area contributed by atoms with Crippen molar-refractivity contribution >= 4 is 21.2 Å². The molecule has 2 rings (SSSR count). The zero-order chi connectivity index (χ0) is 14.6. The average Bonchev–Trinajstić information content (AvgIpc) is 2.91. The van der Waals surface area contributed by atoms with Crippen LogP contribution in [0.4, 0.5) is 0 Å². The summed E-state index contributed by atoms with van der Waals surface area (Å²) in [7, 11) is -3.12. The Morgan fingerprint density at radius 1 is 1.30 bits per heavy atom. The predicted molar refractivity (Wildman–Crippen MR) is 81.8 cm³/mol. The van der Waals surface area contributed by atoms with E-state index in [0.717, 1.165) is 24.2 Å². The normalized spacial score (nSPS) is 13.3. The fourth-order valence-electron chi connectivity index (χ4n) is 1.90. The van der Waals surface area contributed by atoms with E-state index in [9.17, 15) is 8.42 Å². The molecule has 108 valence electrons. The van der Waals surface area contributed by atoms with Crippen molar-refractivity contribution in [2.45, 2.75) is 24.3 Å². The van der Waals surface area contributed by atoms with E-state index in [4.69, 9.17) is 0 Å². The van der Waals surface area contributed by atoms with Crippen LogP contribution in [0.25, 0.3) is 0 Å². The molecule has 0 saturated heterocycles. The van der Waals surface area contributed by atoms with Gasteiger partial charge in [0, 0.05) is 30.6 Å². The number of sulfone groups is 1. The SMILES string of the molecule is CC(NCCc1cscn1)c1ccc(S(C)(=O)=O)cc1. The number of benzene rings is 1. The molecule has 6 heteroatoms. The Hall–Kier alpha value is -1.24. The van der Waals surface area contributed by atoms with Gasteiger partial charge in [-0.05, 0) is 24.6 Å². The van der Waals surface area contributed by atoms with Gasteiger partial charge in [0.1, 0.15) is 0 Å². The first-order valence-corrected chi connectivity index (χ1v) is 9.20. The molecule has 1 aromatic heterocycles. The summed E-state index contributed by atoms with van der Waals surface area (Å²) in [5.41, 5.74) is 4.01. The van der Waals surface area contributed by atoms with Crippen molar-refractivity contribution in [2.24, 2.45) is 0 Å². The lowest BCUT2D eigenvalue weighted by molar-refractivity contribution is 0.573. The van der Waals surface area contributed by atoms with Gasteiger partial charge in [-0.15, -0.1) is 11.3 Å². The third-order valence-electron chi connectivity index (χ3n) is 3.12. The lowest BCUT2D eigenvalue weighted by Gasteiger charge is -2.14. The van der Waals surface area contributed by atoms with Crippen LogP contribution < -0.4 is 5.32 Å². The number of aromatic nitrogens is 1. The summed E-state index contributed by atoms with van der Waals surface area (Å²) < 4.78 is 22.8. The molecule has 0 amide bonds. The van der Waals surface area contributed by atoms with Crippen LogP contribution in [0.1, 0.15) is 24.2 Å². The molecule has 1 heterocycles. The quantitative estimate of drug-likeness (QED) is 0.890. The molecule has 1 unspecified atom stereocenters. The zero-order valence-electron chi connectivity index (χ0n) is 11.5. The largest absolute Gasteiger partial charge is 0.310 e. The van der Waals surface area contributed by atoms with Crippen LogP contribution in [0.15, 0.2) is 40.1 Å². The summed E-state index contributed by atoms with van der Waals surface area (Å²) in [5.74, 6) is 0. The fraction of sp³-hybridized carbons (Fsp3) is 0.357. The van der Waals surface area contributed by atoms with Gasteiger partial charge >= 0.3 is 0 Å². The smallest absolute Gasteiger partial charge is 0.175 e. The molecular weight excluding hydrogens is 292 g/mol. The number of hydrogen-bond acceptors (Lipinski definition) is 5. The Kier molecular flexibility index (Phi) is 4.91. The molecule has 0 bridgehead atoms. The van der Waals surface area contributed by atoms with Gasteiger partial charge in [0.2, 0.25) is 0 Å². The van der Waals surface area contributed by atoms with E-state index in [2.05, 4.69) is 17.2 Å². The molecule has 0 aliphatic heterocycles. The molecular formula is C14H18N2O2S2. The van der Waals surface area contributed by atoms with Gasteiger partial charge in [-0.25, -0.2) is 13.4 Å². The molecule has 0 fully saturated rings. The average molecular weight is 310 g/mol. The maximum absolute atomic E-state index is 11.4. The highest BCUT2D eigenvalue weighted by Crippen LogP contribution is 2.16. The maximum atomic E-state index is 11.4. The van der Waals surface area contributed by atoms with Crippen LogP contribution in [-0.2, 0) is 16.3 Å². The van der Waals surface area contributed by atoms with Crippen LogP contribution in [0.5, 0.6) is 0 Å². The fourth-order valence-corrected chi connectivity index (χ4v) is 3.12. The first-order valence-electron chi connectivity index (χ1n) is 6.37. The van der Waals surface area contributed by atoms with Gasteiger partial charge in [-0.1, -0.05) is 12.1 Å². The van der Waals surface area contributed by atoms with Gasteiger partial charge in [-0.3, -0.25) is 0 Å². The molecule has 0 aliphatic carbocycles. The third-order valence-corrected chi connectivity index (χ3v) is 4.89. The van der Waals surface area contributed by atoms with Crippen LogP contribution in [0, 0.1) is 0 Å². The number of nitrogens with one attached hydrogen (secondary N) is 1. The van der Waals surface area contributed by atoms with Crippen molar-refractivity contribution in [2.75, 3.05) is 12.8 Å². The van der Waals surface area contributed by atoms with E-state index in [1.807, 2.05) is 23.0 Å². The standard InChI is InChI=1S/C14H18N2O2S2/c1-11(15-8-7-13-9-19-10-16-13)12-3-5-14(6-4-12)20(2,17)18/h3-6,9-11,15H,7-8H2,1-2H3. The molecule has 2 aromatic rings. The van der Waals surface area contributed by atoms with Crippen molar-refractivity contribution in [1.29, 1.82) is 0 Å². The van der Waals surface area contributed by atoms with Crippen molar-refractivity contribution in [3.8, 4) is 0 Å². The van der Waals surface area contributed by atoms with Crippen molar-refractivity contribution < 1.29 is 8.42 Å². The Bertz CT molecular complexity index is 634. The van der Waals surface area contributed by atoms with E-state index in [1.54, 1.807) is 23.5 Å². The van der Waals surface area contributed by atoms with Crippen LogP contribution in [0.2, 0.25) is 0 Å². The van der Waals surface area contributed by atoms with E-state index >= 15 is 0 Å². The second-order valence-corrected chi connectivity index (χ2v) is 7.48. The van der Waals surface area contributed by atoms with Crippen molar-refractivity contribution in [3.05, 3.63) is 46.4 Å². The molecule has 0 saturated carbocycles. The molecule has 1 atom stereocenters. The summed E-state index contributed by atoms with van der Waals surface area (Å²) in [6.45, 7) is 2.91. The highest BCUT2D eigenvalue weighted by atomic mass is 32.2. The molecule has 4 nitrogen and oxygen atoms in total. The summed E-state index contributed by atoms with van der Waals surface area (Å²) in [6, 6.07) is 7.21. The van der Waals surface area contributed by atoms with Gasteiger partial charge in [0.15, 0.2) is 9.84 Å². The highest BCUT2D eigenvalue weighted by molar-refractivity contribution is 7.90.